The highest BCUT2D eigenvalue weighted by Crippen LogP contribution is 2.36. The summed E-state index contributed by atoms with van der Waals surface area (Å²) in [6, 6.07) is 0. The van der Waals surface area contributed by atoms with Gasteiger partial charge in [0.15, 0.2) is 0 Å². The van der Waals surface area contributed by atoms with Crippen LogP contribution in [0.25, 0.3) is 0 Å². The monoisotopic (exact) mass is 436 g/mol. The Kier molecular flexibility index (Phi) is 20.2. The maximum atomic E-state index is 9.54. The van der Waals surface area contributed by atoms with Crippen molar-refractivity contribution in [3.05, 3.63) is 24.3 Å². The maximum absolute atomic E-state index is 9.54. The molecule has 1 atom stereocenters. The van der Waals surface area contributed by atoms with Crippen molar-refractivity contribution >= 4 is 18.5 Å². The molecule has 0 aliphatic heterocycles. The molecule has 0 radical (unpaired) electrons. The van der Waals surface area contributed by atoms with Gasteiger partial charge in [-0.1, -0.05) is 69.8 Å². The van der Waals surface area contributed by atoms with Crippen LogP contribution in [0.1, 0.15) is 84.0 Å². The van der Waals surface area contributed by atoms with Crippen LogP contribution in [0.15, 0.2) is 24.3 Å². The minimum absolute atomic E-state index is 0.121. The Bertz CT molecular complexity index is 437. The molecular weight excluding hydrogens is 395 g/mol. The molecule has 28 heavy (non-hydrogen) atoms. The number of aliphatic hydroxyl groups excluding tert-OH is 1. The lowest BCUT2D eigenvalue weighted by atomic mass is 10.1. The lowest BCUT2D eigenvalue weighted by Gasteiger charge is -2.13. The molecule has 3 N–H and O–H groups in total. The fourth-order valence-corrected chi connectivity index (χ4v) is 3.19. The topological polar surface area (TPSA) is 79.2 Å². The van der Waals surface area contributed by atoms with Gasteiger partial charge in [0.05, 0.1) is 13.2 Å². The molecule has 1 unspecified atom stereocenters. The second-order valence-electron chi connectivity index (χ2n) is 7.10. The molecule has 0 bridgehead atoms. The summed E-state index contributed by atoms with van der Waals surface area (Å²) >= 11 is 4.31. The maximum Gasteiger partial charge on any atom is 0.321 e. The van der Waals surface area contributed by atoms with E-state index < -0.39 is 12.8 Å². The zero-order chi connectivity index (χ0) is 20.9. The largest absolute Gasteiger partial charge is 0.388 e. The first-order valence-corrected chi connectivity index (χ1v) is 13.3. The van der Waals surface area contributed by atoms with Crippen LogP contribution in [0.4, 0.5) is 0 Å². The van der Waals surface area contributed by atoms with Crippen molar-refractivity contribution in [2.45, 2.75) is 90.1 Å². The summed E-state index contributed by atoms with van der Waals surface area (Å²) in [4.78, 5) is 17.8. The van der Waals surface area contributed by atoms with Gasteiger partial charge in [0.2, 0.25) is 0 Å². The van der Waals surface area contributed by atoms with Crippen molar-refractivity contribution < 1.29 is 24.2 Å². The first-order chi connectivity index (χ1) is 13.5. The van der Waals surface area contributed by atoms with E-state index in [1.165, 1.54) is 57.8 Å². The number of rotatable bonds is 20. The summed E-state index contributed by atoms with van der Waals surface area (Å²) in [5.41, 5.74) is 0. The molecule has 0 amide bonds. The summed E-state index contributed by atoms with van der Waals surface area (Å²) in [6.45, 7) is -0.950. The van der Waals surface area contributed by atoms with E-state index in [0.29, 0.717) is 6.61 Å². The zero-order valence-corrected chi connectivity index (χ0v) is 19.2. The number of unbranched alkanes of at least 4 members (excludes halogenated alkanes) is 9. The summed E-state index contributed by atoms with van der Waals surface area (Å²) in [6.07, 6.45) is 22.7. The number of hydrogen-bond donors (Lipinski definition) is 3. The van der Waals surface area contributed by atoms with Crippen molar-refractivity contribution in [3.63, 3.8) is 0 Å². The van der Waals surface area contributed by atoms with Crippen LogP contribution in [0.2, 0.25) is 0 Å². The van der Waals surface area contributed by atoms with Gasteiger partial charge in [0.25, 0.3) is 0 Å². The molecule has 0 aromatic heterocycles. The standard InChI is InChI=1S/C21H41O5PS/c1-2-3-4-5-6-7-8-9-10-11-12-13-14-15-16-17-18-25-19-21(22)20-26-27(23,24)28/h6-7,9-10,21-22H,2-5,8,11-20H2,1H3,(H2,23,24,28)/b7-6-,10-9-. The molecule has 0 fully saturated rings. The van der Waals surface area contributed by atoms with Gasteiger partial charge >= 0.3 is 6.72 Å². The molecule has 5 nitrogen and oxygen atoms in total. The third-order valence-corrected chi connectivity index (χ3v) is 5.04. The third-order valence-electron chi connectivity index (χ3n) is 4.23. The summed E-state index contributed by atoms with van der Waals surface area (Å²) in [5, 5.41) is 9.54. The normalized spacial score (nSPS) is 13.7. The zero-order valence-electron chi connectivity index (χ0n) is 17.5. The van der Waals surface area contributed by atoms with E-state index in [2.05, 4.69) is 47.6 Å². The number of ether oxygens (including phenoxy) is 1. The molecule has 0 aromatic carbocycles. The van der Waals surface area contributed by atoms with Crippen LogP contribution in [0.3, 0.4) is 0 Å². The van der Waals surface area contributed by atoms with E-state index in [4.69, 9.17) is 14.5 Å². The molecule has 0 heterocycles. The lowest BCUT2D eigenvalue weighted by Crippen LogP contribution is -2.21. The van der Waals surface area contributed by atoms with Gasteiger partial charge in [0.1, 0.15) is 6.10 Å². The highest BCUT2D eigenvalue weighted by molar-refractivity contribution is 8.06. The molecule has 0 aromatic rings. The predicted octanol–water partition coefficient (Wildman–Crippen LogP) is 5.40. The highest BCUT2D eigenvalue weighted by Gasteiger charge is 2.12. The van der Waals surface area contributed by atoms with Gasteiger partial charge < -0.3 is 24.2 Å². The van der Waals surface area contributed by atoms with Crippen LogP contribution in [0.5, 0.6) is 0 Å². The molecule has 0 saturated carbocycles. The Morgan fingerprint density at radius 3 is 2.00 bits per heavy atom. The summed E-state index contributed by atoms with van der Waals surface area (Å²) in [5.74, 6) is 0. The lowest BCUT2D eigenvalue weighted by molar-refractivity contribution is 0.00838. The number of hydrogen-bond acceptors (Lipinski definition) is 4. The molecule has 0 aliphatic rings. The average molecular weight is 437 g/mol. The Morgan fingerprint density at radius 1 is 0.821 bits per heavy atom. The molecule has 7 heteroatoms. The van der Waals surface area contributed by atoms with Crippen LogP contribution < -0.4 is 0 Å². The Labute approximate surface area is 177 Å². The summed E-state index contributed by atoms with van der Waals surface area (Å²) in [7, 11) is 0. The number of allylic oxidation sites excluding steroid dienone is 4. The fraction of sp³-hybridized carbons (Fsp3) is 0.810. The van der Waals surface area contributed by atoms with Gasteiger partial charge in [-0.25, -0.2) is 0 Å². The van der Waals surface area contributed by atoms with Crippen molar-refractivity contribution in [1.82, 2.24) is 0 Å². The van der Waals surface area contributed by atoms with E-state index >= 15 is 0 Å². The molecule has 166 valence electrons. The van der Waals surface area contributed by atoms with Gasteiger partial charge in [-0.15, -0.1) is 0 Å². The molecule has 0 aliphatic carbocycles. The Balaban J connectivity index is 3.27. The van der Waals surface area contributed by atoms with Crippen molar-refractivity contribution in [2.75, 3.05) is 19.8 Å². The molecule has 0 saturated heterocycles. The first-order valence-electron chi connectivity index (χ1n) is 10.7. The highest BCUT2D eigenvalue weighted by atomic mass is 32.5. The third kappa shape index (κ3) is 24.0. The molecule has 0 rings (SSSR count). The van der Waals surface area contributed by atoms with Crippen LogP contribution >= 0.6 is 6.72 Å². The van der Waals surface area contributed by atoms with E-state index in [9.17, 15) is 5.11 Å². The molecular formula is C21H41O5PS. The minimum atomic E-state index is -3.69. The first kappa shape index (κ1) is 27.9. The Morgan fingerprint density at radius 2 is 1.39 bits per heavy atom. The summed E-state index contributed by atoms with van der Waals surface area (Å²) < 4.78 is 9.93. The smallest absolute Gasteiger partial charge is 0.321 e. The van der Waals surface area contributed by atoms with Crippen molar-refractivity contribution in [2.24, 2.45) is 0 Å². The van der Waals surface area contributed by atoms with E-state index in [1.54, 1.807) is 0 Å². The van der Waals surface area contributed by atoms with Gasteiger partial charge in [-0.2, -0.15) is 0 Å². The minimum Gasteiger partial charge on any atom is -0.388 e. The van der Waals surface area contributed by atoms with E-state index in [1.807, 2.05) is 0 Å². The van der Waals surface area contributed by atoms with Gasteiger partial charge in [-0.3, -0.25) is 0 Å². The van der Waals surface area contributed by atoms with Crippen molar-refractivity contribution in [1.29, 1.82) is 0 Å². The van der Waals surface area contributed by atoms with E-state index in [-0.39, 0.29) is 13.2 Å². The second-order valence-corrected chi connectivity index (χ2v) is 9.77. The van der Waals surface area contributed by atoms with Crippen molar-refractivity contribution in [3.8, 4) is 0 Å². The van der Waals surface area contributed by atoms with Crippen LogP contribution in [-0.4, -0.2) is 40.8 Å². The SMILES string of the molecule is CCCCC/C=C\C/C=C\CCCCCCCCOCC(O)COP(O)(O)=S. The average Bonchev–Trinajstić information content (AvgIpc) is 2.65. The molecule has 0 spiro atoms. The van der Waals surface area contributed by atoms with E-state index in [0.717, 1.165) is 19.3 Å². The van der Waals surface area contributed by atoms with Crippen LogP contribution in [-0.2, 0) is 21.1 Å². The quantitative estimate of drug-likeness (QED) is 0.135. The Hall–Kier alpha value is -0.0700. The fourth-order valence-electron chi connectivity index (χ4n) is 2.64. The van der Waals surface area contributed by atoms with Gasteiger partial charge in [-0.05, 0) is 50.3 Å². The van der Waals surface area contributed by atoms with Gasteiger partial charge in [0, 0.05) is 6.61 Å². The predicted molar refractivity (Wildman–Crippen MR) is 121 cm³/mol. The number of aliphatic hydroxyl groups is 1. The van der Waals surface area contributed by atoms with Crippen LogP contribution in [0, 0.1) is 0 Å². The second kappa shape index (κ2) is 20.2.